The number of aliphatic hydroxyl groups excluding tert-OH is 1. The number of halogens is 1. The van der Waals surface area contributed by atoms with Crippen LogP contribution in [-0.4, -0.2) is 19.9 Å². The number of nitrogens with one attached hydrogen (secondary N) is 1. The average molecular weight is 268 g/mol. The van der Waals surface area contributed by atoms with Gasteiger partial charge in [-0.3, -0.25) is 4.98 Å². The zero-order valence-corrected chi connectivity index (χ0v) is 10.6. The van der Waals surface area contributed by atoms with E-state index in [1.54, 1.807) is 24.3 Å². The SMILES string of the molecule is CCC(C(O)c1ccc(Cl)cc1)n1nc[nH]c1=O. The van der Waals surface area contributed by atoms with Gasteiger partial charge in [0.05, 0.1) is 6.04 Å². The van der Waals surface area contributed by atoms with Gasteiger partial charge in [-0.15, -0.1) is 0 Å². The molecular weight excluding hydrogens is 254 g/mol. The molecule has 2 aromatic rings. The van der Waals surface area contributed by atoms with Gasteiger partial charge in [-0.25, -0.2) is 9.48 Å². The van der Waals surface area contributed by atoms with Crippen LogP contribution in [0.2, 0.25) is 5.02 Å². The Bertz CT molecular complexity index is 561. The first-order chi connectivity index (χ1) is 8.63. The van der Waals surface area contributed by atoms with Crippen molar-refractivity contribution in [2.24, 2.45) is 0 Å². The minimum absolute atomic E-state index is 0.324. The van der Waals surface area contributed by atoms with Crippen LogP contribution in [0.15, 0.2) is 35.4 Å². The van der Waals surface area contributed by atoms with Crippen molar-refractivity contribution in [1.29, 1.82) is 0 Å². The molecule has 0 saturated carbocycles. The zero-order valence-electron chi connectivity index (χ0n) is 9.88. The molecule has 0 saturated heterocycles. The zero-order chi connectivity index (χ0) is 13.1. The Labute approximate surface area is 109 Å². The van der Waals surface area contributed by atoms with Crippen molar-refractivity contribution in [2.45, 2.75) is 25.5 Å². The first-order valence-corrected chi connectivity index (χ1v) is 6.07. The average Bonchev–Trinajstić information content (AvgIpc) is 2.78. The lowest BCUT2D eigenvalue weighted by atomic mass is 10.0. The lowest BCUT2D eigenvalue weighted by Crippen LogP contribution is -2.27. The van der Waals surface area contributed by atoms with E-state index in [1.807, 2.05) is 6.92 Å². The van der Waals surface area contributed by atoms with Gasteiger partial charge < -0.3 is 5.11 Å². The Morgan fingerprint density at radius 3 is 2.61 bits per heavy atom. The fraction of sp³-hybridized carbons (Fsp3) is 0.333. The van der Waals surface area contributed by atoms with E-state index in [0.717, 1.165) is 0 Å². The van der Waals surface area contributed by atoms with E-state index in [0.29, 0.717) is 17.0 Å². The summed E-state index contributed by atoms with van der Waals surface area (Å²) in [6.45, 7) is 1.89. The van der Waals surface area contributed by atoms with Crippen LogP contribution in [0.25, 0.3) is 0 Å². The van der Waals surface area contributed by atoms with Gasteiger partial charge in [0.2, 0.25) is 0 Å². The van der Waals surface area contributed by atoms with Crippen LogP contribution in [0, 0.1) is 0 Å². The highest BCUT2D eigenvalue weighted by atomic mass is 35.5. The van der Waals surface area contributed by atoms with Crippen LogP contribution in [-0.2, 0) is 0 Å². The van der Waals surface area contributed by atoms with Crippen molar-refractivity contribution < 1.29 is 5.11 Å². The van der Waals surface area contributed by atoms with Gasteiger partial charge in [0.1, 0.15) is 12.4 Å². The fourth-order valence-electron chi connectivity index (χ4n) is 1.91. The molecule has 0 aliphatic rings. The van der Waals surface area contributed by atoms with Crippen molar-refractivity contribution in [2.75, 3.05) is 0 Å². The van der Waals surface area contributed by atoms with Crippen LogP contribution in [0.3, 0.4) is 0 Å². The maximum absolute atomic E-state index is 11.5. The van der Waals surface area contributed by atoms with Gasteiger partial charge in [0.25, 0.3) is 0 Å². The standard InChI is InChI=1S/C12H14ClN3O2/c1-2-10(16-12(18)14-7-15-16)11(17)8-3-5-9(13)6-4-8/h3-7,10-11,17H,2H2,1H3,(H,14,15,18). The van der Waals surface area contributed by atoms with E-state index in [1.165, 1.54) is 11.0 Å². The molecular formula is C12H14ClN3O2. The number of aromatic nitrogens is 3. The van der Waals surface area contributed by atoms with Gasteiger partial charge in [0, 0.05) is 5.02 Å². The number of nitrogens with zero attached hydrogens (tertiary/aromatic N) is 2. The Kier molecular flexibility index (Phi) is 3.84. The molecule has 1 aromatic heterocycles. The summed E-state index contributed by atoms with van der Waals surface area (Å²) < 4.78 is 1.26. The van der Waals surface area contributed by atoms with E-state index < -0.39 is 12.1 Å². The molecule has 0 spiro atoms. The van der Waals surface area contributed by atoms with Gasteiger partial charge in [-0.05, 0) is 24.1 Å². The summed E-state index contributed by atoms with van der Waals surface area (Å²) in [6, 6.07) is 6.51. The summed E-state index contributed by atoms with van der Waals surface area (Å²) >= 11 is 5.80. The van der Waals surface area contributed by atoms with Crippen molar-refractivity contribution in [1.82, 2.24) is 14.8 Å². The summed E-state index contributed by atoms with van der Waals surface area (Å²) in [6.07, 6.45) is 1.11. The molecule has 96 valence electrons. The van der Waals surface area contributed by atoms with Crippen LogP contribution in [0.5, 0.6) is 0 Å². The summed E-state index contributed by atoms with van der Waals surface area (Å²) in [5, 5.41) is 14.8. The normalized spacial score (nSPS) is 14.4. The second-order valence-corrected chi connectivity index (χ2v) is 4.45. The van der Waals surface area contributed by atoms with Crippen LogP contribution < -0.4 is 5.69 Å². The first-order valence-electron chi connectivity index (χ1n) is 5.69. The van der Waals surface area contributed by atoms with Crippen LogP contribution in [0.1, 0.15) is 31.1 Å². The molecule has 18 heavy (non-hydrogen) atoms. The third kappa shape index (κ3) is 2.47. The number of H-pyrrole nitrogens is 1. The van der Waals surface area contributed by atoms with E-state index in [4.69, 9.17) is 11.6 Å². The van der Waals surface area contributed by atoms with Crippen molar-refractivity contribution in [3.05, 3.63) is 51.7 Å². The Balaban J connectivity index is 2.31. The number of rotatable bonds is 4. The first kappa shape index (κ1) is 12.9. The van der Waals surface area contributed by atoms with Gasteiger partial charge >= 0.3 is 5.69 Å². The maximum Gasteiger partial charge on any atom is 0.343 e. The quantitative estimate of drug-likeness (QED) is 0.889. The maximum atomic E-state index is 11.5. The second kappa shape index (κ2) is 5.37. The monoisotopic (exact) mass is 267 g/mol. The van der Waals surface area contributed by atoms with E-state index in [-0.39, 0.29) is 5.69 Å². The van der Waals surface area contributed by atoms with E-state index in [2.05, 4.69) is 10.1 Å². The molecule has 2 unspecified atom stereocenters. The van der Waals surface area contributed by atoms with Crippen molar-refractivity contribution in [3.8, 4) is 0 Å². The summed E-state index contributed by atoms with van der Waals surface area (Å²) in [5.74, 6) is 0. The molecule has 2 N–H and O–H groups in total. The van der Waals surface area contributed by atoms with Crippen LogP contribution in [0.4, 0.5) is 0 Å². The highest BCUT2D eigenvalue weighted by Gasteiger charge is 2.23. The van der Waals surface area contributed by atoms with Gasteiger partial charge in [-0.2, -0.15) is 5.10 Å². The lowest BCUT2D eigenvalue weighted by molar-refractivity contribution is 0.102. The molecule has 2 rings (SSSR count). The molecule has 2 atom stereocenters. The topological polar surface area (TPSA) is 70.9 Å². The molecule has 5 nitrogen and oxygen atoms in total. The Morgan fingerprint density at radius 1 is 1.44 bits per heavy atom. The van der Waals surface area contributed by atoms with Crippen molar-refractivity contribution in [3.63, 3.8) is 0 Å². The predicted octanol–water partition coefficient (Wildman–Crippen LogP) is 1.91. The Morgan fingerprint density at radius 2 is 2.11 bits per heavy atom. The number of aromatic amines is 1. The summed E-state index contributed by atoms with van der Waals surface area (Å²) in [5.41, 5.74) is 0.385. The molecule has 0 aliphatic heterocycles. The third-order valence-corrected chi connectivity index (χ3v) is 3.14. The van der Waals surface area contributed by atoms with Gasteiger partial charge in [0.15, 0.2) is 0 Å². The number of aliphatic hydroxyl groups is 1. The molecule has 6 heteroatoms. The molecule has 0 fully saturated rings. The number of hydrogen-bond donors (Lipinski definition) is 2. The van der Waals surface area contributed by atoms with E-state index in [9.17, 15) is 9.90 Å². The minimum Gasteiger partial charge on any atom is -0.386 e. The molecule has 1 heterocycles. The minimum atomic E-state index is -0.798. The summed E-state index contributed by atoms with van der Waals surface area (Å²) in [7, 11) is 0. The number of benzene rings is 1. The highest BCUT2D eigenvalue weighted by Crippen LogP contribution is 2.28. The second-order valence-electron chi connectivity index (χ2n) is 4.01. The molecule has 1 aromatic carbocycles. The predicted molar refractivity (Wildman–Crippen MR) is 68.6 cm³/mol. The highest BCUT2D eigenvalue weighted by molar-refractivity contribution is 6.30. The third-order valence-electron chi connectivity index (χ3n) is 2.89. The summed E-state index contributed by atoms with van der Waals surface area (Å²) in [4.78, 5) is 14.0. The smallest absolute Gasteiger partial charge is 0.343 e. The fourth-order valence-corrected chi connectivity index (χ4v) is 2.04. The molecule has 0 amide bonds. The van der Waals surface area contributed by atoms with Crippen LogP contribution >= 0.6 is 11.6 Å². The van der Waals surface area contributed by atoms with E-state index >= 15 is 0 Å². The largest absolute Gasteiger partial charge is 0.386 e. The lowest BCUT2D eigenvalue weighted by Gasteiger charge is -2.21. The molecule has 0 aliphatic carbocycles. The molecule has 0 radical (unpaired) electrons. The van der Waals surface area contributed by atoms with Gasteiger partial charge in [-0.1, -0.05) is 30.7 Å². The number of hydrogen-bond acceptors (Lipinski definition) is 3. The Hall–Kier alpha value is -1.59. The molecule has 0 bridgehead atoms. The van der Waals surface area contributed by atoms with Crippen molar-refractivity contribution >= 4 is 11.6 Å².